The molecule has 2 aliphatic rings. The second kappa shape index (κ2) is 17.6. The molecule has 12 rings (SSSR count). The number of nitriles is 2. The first-order chi connectivity index (χ1) is 35.4. The Balaban J connectivity index is 1.03. The Labute approximate surface area is 423 Å². The molecule has 4 heteroatoms. The fraction of sp³-hybridized carbons (Fsp3) is 0.147. The maximum atomic E-state index is 9.93. The molecule has 0 fully saturated rings. The third-order valence-corrected chi connectivity index (χ3v) is 16.5. The molecule has 0 spiro atoms. The van der Waals surface area contributed by atoms with Gasteiger partial charge in [0.25, 0.3) is 0 Å². The average molecular weight is 927 g/mol. The number of hydrogen-bond acceptors (Lipinski definition) is 4. The molecule has 0 aromatic heterocycles. The number of hydrogen-bond donors (Lipinski definition) is 0. The van der Waals surface area contributed by atoms with E-state index in [1.807, 2.05) is 24.3 Å². The highest BCUT2D eigenvalue weighted by atomic mass is 15.1. The first-order valence-electron chi connectivity index (χ1n) is 25.5. The summed E-state index contributed by atoms with van der Waals surface area (Å²) in [6.07, 6.45) is 4.02. The number of rotatable bonds is 11. The third kappa shape index (κ3) is 6.63. The zero-order valence-corrected chi connectivity index (χ0v) is 41.2. The van der Waals surface area contributed by atoms with E-state index < -0.39 is 0 Å². The first kappa shape index (κ1) is 44.5. The van der Waals surface area contributed by atoms with Gasteiger partial charge in [0, 0.05) is 50.0 Å². The van der Waals surface area contributed by atoms with E-state index in [0.29, 0.717) is 11.1 Å². The number of anilines is 6. The van der Waals surface area contributed by atoms with Crippen molar-refractivity contribution in [3.8, 4) is 45.5 Å². The van der Waals surface area contributed by atoms with Gasteiger partial charge in [-0.15, -0.1) is 0 Å². The van der Waals surface area contributed by atoms with Gasteiger partial charge >= 0.3 is 0 Å². The van der Waals surface area contributed by atoms with Crippen LogP contribution in [0.15, 0.2) is 206 Å². The molecule has 72 heavy (non-hydrogen) atoms. The minimum Gasteiger partial charge on any atom is -0.310 e. The van der Waals surface area contributed by atoms with Gasteiger partial charge in [-0.05, 0) is 177 Å². The van der Waals surface area contributed by atoms with Crippen LogP contribution in [0, 0.1) is 22.7 Å². The van der Waals surface area contributed by atoms with Gasteiger partial charge in [0.15, 0.2) is 0 Å². The molecule has 0 amide bonds. The average Bonchev–Trinajstić information content (AvgIpc) is 3.90. The van der Waals surface area contributed by atoms with Crippen LogP contribution in [-0.4, -0.2) is 0 Å². The Morgan fingerprint density at radius 2 is 0.694 bits per heavy atom. The molecule has 0 atom stereocenters. The van der Waals surface area contributed by atoms with E-state index in [1.54, 1.807) is 0 Å². The van der Waals surface area contributed by atoms with E-state index in [2.05, 4.69) is 232 Å². The minimum atomic E-state index is -0.101. The molecule has 0 saturated heterocycles. The largest absolute Gasteiger partial charge is 0.310 e. The lowest BCUT2D eigenvalue weighted by atomic mass is 9.74. The van der Waals surface area contributed by atoms with Crippen LogP contribution in [0.25, 0.3) is 54.9 Å². The molecular weight excluding hydrogens is 873 g/mol. The van der Waals surface area contributed by atoms with Crippen LogP contribution in [0.3, 0.4) is 0 Å². The molecular formula is C68H54N4. The molecule has 0 aliphatic heterocycles. The van der Waals surface area contributed by atoms with Gasteiger partial charge in [-0.3, -0.25) is 0 Å². The van der Waals surface area contributed by atoms with E-state index in [9.17, 15) is 10.5 Å². The van der Waals surface area contributed by atoms with Crippen LogP contribution < -0.4 is 9.80 Å². The highest BCUT2D eigenvalue weighted by Gasteiger charge is 2.42. The molecule has 10 aromatic rings. The summed E-state index contributed by atoms with van der Waals surface area (Å²) in [5.74, 6) is 0. The quantitative estimate of drug-likeness (QED) is 0.121. The van der Waals surface area contributed by atoms with Gasteiger partial charge in [0.2, 0.25) is 0 Å². The highest BCUT2D eigenvalue weighted by Crippen LogP contribution is 2.57. The van der Waals surface area contributed by atoms with Gasteiger partial charge in [0.1, 0.15) is 0 Å². The van der Waals surface area contributed by atoms with Crippen molar-refractivity contribution in [2.45, 2.75) is 64.2 Å². The van der Waals surface area contributed by atoms with Crippen LogP contribution >= 0.6 is 0 Å². The third-order valence-electron chi connectivity index (χ3n) is 16.5. The number of nitrogens with zero attached hydrogens (tertiary/aromatic N) is 4. The second-order valence-electron chi connectivity index (χ2n) is 19.5. The monoisotopic (exact) mass is 926 g/mol. The van der Waals surface area contributed by atoms with Crippen molar-refractivity contribution in [2.24, 2.45) is 0 Å². The zero-order valence-electron chi connectivity index (χ0n) is 41.2. The van der Waals surface area contributed by atoms with Gasteiger partial charge in [-0.2, -0.15) is 10.5 Å². The van der Waals surface area contributed by atoms with Crippen molar-refractivity contribution in [1.29, 1.82) is 10.5 Å². The highest BCUT2D eigenvalue weighted by molar-refractivity contribution is 6.22. The minimum absolute atomic E-state index is 0.0753. The van der Waals surface area contributed by atoms with E-state index in [-0.39, 0.29) is 10.8 Å². The Morgan fingerprint density at radius 3 is 1.12 bits per heavy atom. The molecule has 346 valence electrons. The summed E-state index contributed by atoms with van der Waals surface area (Å²) < 4.78 is 0. The number of benzene rings is 10. The Morgan fingerprint density at radius 1 is 0.347 bits per heavy atom. The SMILES string of the molecule is CCC1(CC)c2ccccc2-c2ccc(N(c3ccc(C#N)cc3)c3ccc(-c4c5ccccc5c(N(c5ccc(C#N)cc5)c5ccc6c(c5)C(CC)(CC)c5ccccc5-6)c5ccccc45)cc3)cc21. The predicted molar refractivity (Wildman–Crippen MR) is 299 cm³/mol. The lowest BCUT2D eigenvalue weighted by Crippen LogP contribution is -2.23. The fourth-order valence-corrected chi connectivity index (χ4v) is 12.8. The lowest BCUT2D eigenvalue weighted by Gasteiger charge is -2.33. The molecule has 4 nitrogen and oxygen atoms in total. The van der Waals surface area contributed by atoms with E-state index >= 15 is 0 Å². The summed E-state index contributed by atoms with van der Waals surface area (Å²) >= 11 is 0. The van der Waals surface area contributed by atoms with Gasteiger partial charge in [-0.25, -0.2) is 0 Å². The van der Waals surface area contributed by atoms with Crippen LogP contribution in [0.2, 0.25) is 0 Å². The maximum Gasteiger partial charge on any atom is 0.0991 e. The van der Waals surface area contributed by atoms with Crippen molar-refractivity contribution in [2.75, 3.05) is 9.80 Å². The Bertz CT molecular complexity index is 3770. The van der Waals surface area contributed by atoms with Crippen molar-refractivity contribution in [3.05, 3.63) is 240 Å². The van der Waals surface area contributed by atoms with Crippen LogP contribution in [-0.2, 0) is 10.8 Å². The molecule has 0 heterocycles. The Kier molecular flexibility index (Phi) is 10.9. The van der Waals surface area contributed by atoms with E-state index in [4.69, 9.17) is 0 Å². The maximum absolute atomic E-state index is 9.93. The predicted octanol–water partition coefficient (Wildman–Crippen LogP) is 18.5. The molecule has 0 bridgehead atoms. The summed E-state index contributed by atoms with van der Waals surface area (Å²) in [4.78, 5) is 4.76. The Hall–Kier alpha value is -8.70. The zero-order chi connectivity index (χ0) is 49.1. The van der Waals surface area contributed by atoms with Crippen LogP contribution in [0.1, 0.15) is 86.8 Å². The van der Waals surface area contributed by atoms with E-state index in [1.165, 1.54) is 50.1 Å². The van der Waals surface area contributed by atoms with Crippen molar-refractivity contribution in [3.63, 3.8) is 0 Å². The summed E-state index contributed by atoms with van der Waals surface area (Å²) in [5, 5.41) is 24.3. The van der Waals surface area contributed by atoms with Crippen molar-refractivity contribution in [1.82, 2.24) is 0 Å². The molecule has 0 radical (unpaired) electrons. The van der Waals surface area contributed by atoms with Gasteiger partial charge in [-0.1, -0.05) is 149 Å². The van der Waals surface area contributed by atoms with Gasteiger partial charge < -0.3 is 9.80 Å². The van der Waals surface area contributed by atoms with Crippen molar-refractivity contribution >= 4 is 55.7 Å². The molecule has 0 saturated carbocycles. The summed E-state index contributed by atoms with van der Waals surface area (Å²) in [7, 11) is 0. The summed E-state index contributed by atoms with van der Waals surface area (Å²) in [6.45, 7) is 9.29. The van der Waals surface area contributed by atoms with Gasteiger partial charge in [0.05, 0.1) is 29.0 Å². The smallest absolute Gasteiger partial charge is 0.0991 e. The first-order valence-corrected chi connectivity index (χ1v) is 25.5. The standard InChI is InChI=1S/C68H54N4/c1-5-67(6-2)61-23-15-13-17-53(61)55-39-37-51(41-63(55)67)71(48-31-25-45(43-69)26-32-48)49-35-29-47(30-36-49)65-57-19-9-11-21-59(57)66(60-22-12-10-20-58(60)65)72(50-33-27-46(44-70)28-34-50)52-38-40-56-54-18-14-16-24-62(54)68(7-3,8-4)64(56)42-52/h9-42H,5-8H2,1-4H3. The van der Waals surface area contributed by atoms with Crippen molar-refractivity contribution < 1.29 is 0 Å². The molecule has 0 unspecified atom stereocenters. The molecule has 2 aliphatic carbocycles. The fourth-order valence-electron chi connectivity index (χ4n) is 12.8. The molecule has 10 aromatic carbocycles. The van der Waals surface area contributed by atoms with E-state index in [0.717, 1.165) is 86.9 Å². The summed E-state index contributed by atoms with van der Waals surface area (Å²) in [5.41, 5.74) is 20.5. The lowest BCUT2D eigenvalue weighted by molar-refractivity contribution is 0.490. The number of fused-ring (bicyclic) bond motifs is 8. The second-order valence-corrected chi connectivity index (χ2v) is 19.5. The van der Waals surface area contributed by atoms with Crippen LogP contribution in [0.4, 0.5) is 34.1 Å². The summed E-state index contributed by atoms with van der Waals surface area (Å²) in [6, 6.07) is 79.3. The van der Waals surface area contributed by atoms with Crippen LogP contribution in [0.5, 0.6) is 0 Å². The topological polar surface area (TPSA) is 54.1 Å². The molecule has 0 N–H and O–H groups in total. The normalized spacial score (nSPS) is 13.4.